The third-order valence-electron chi connectivity index (χ3n) is 5.69. The molecule has 0 spiro atoms. The summed E-state index contributed by atoms with van der Waals surface area (Å²) in [6.07, 6.45) is -4.61. The number of nitrogens with zero attached hydrogens (tertiary/aromatic N) is 2. The van der Waals surface area contributed by atoms with Crippen LogP contribution in [0, 0.1) is 11.7 Å². The first kappa shape index (κ1) is 26.1. The number of alkyl halides is 4. The number of rotatable bonds is 7. The number of carbonyl (C=O) groups is 1. The highest BCUT2D eigenvalue weighted by Crippen LogP contribution is 2.41. The Morgan fingerprint density at radius 3 is 2.29 bits per heavy atom. The zero-order valence-corrected chi connectivity index (χ0v) is 19.5. The molecule has 0 fully saturated rings. The van der Waals surface area contributed by atoms with Crippen molar-refractivity contribution in [3.8, 4) is 0 Å². The zero-order valence-electron chi connectivity index (χ0n) is 18.6. The number of amides is 1. The second-order valence-corrected chi connectivity index (χ2v) is 10.3. The Kier molecular flexibility index (Phi) is 7.66. The predicted octanol–water partition coefficient (Wildman–Crippen LogP) is 4.63. The fourth-order valence-corrected chi connectivity index (χ4v) is 5.65. The lowest BCUT2D eigenvalue weighted by molar-refractivity contribution is -0.174. The van der Waals surface area contributed by atoms with Crippen LogP contribution in [0.2, 0.25) is 0 Å². The van der Waals surface area contributed by atoms with E-state index < -0.39 is 51.7 Å². The first-order valence-corrected chi connectivity index (χ1v) is 12.1. The molecule has 0 saturated heterocycles. The fourth-order valence-electron chi connectivity index (χ4n) is 4.02. The quantitative estimate of drug-likeness (QED) is 0.517. The maximum absolute atomic E-state index is 14.0. The molecule has 1 aliphatic heterocycles. The molecule has 0 bridgehead atoms. The number of fused-ring (bicyclic) bond motifs is 1. The van der Waals surface area contributed by atoms with E-state index in [0.717, 1.165) is 29.8 Å². The van der Waals surface area contributed by atoms with Gasteiger partial charge in [-0.1, -0.05) is 32.0 Å². The first-order chi connectivity index (χ1) is 15.9. The molecule has 0 N–H and O–H groups in total. The summed E-state index contributed by atoms with van der Waals surface area (Å²) >= 11 is 0. The van der Waals surface area contributed by atoms with Crippen molar-refractivity contribution >= 4 is 15.9 Å². The third kappa shape index (κ3) is 5.41. The van der Waals surface area contributed by atoms with E-state index in [9.17, 15) is 35.2 Å². The van der Waals surface area contributed by atoms with Gasteiger partial charge in [-0.05, 0) is 47.4 Å². The molecule has 0 aliphatic carbocycles. The summed E-state index contributed by atoms with van der Waals surface area (Å²) in [5, 5.41) is 0. The van der Waals surface area contributed by atoms with Crippen LogP contribution < -0.4 is 0 Å². The highest BCUT2D eigenvalue weighted by atomic mass is 32.2. The van der Waals surface area contributed by atoms with Crippen LogP contribution in [0.4, 0.5) is 22.0 Å². The molecule has 0 radical (unpaired) electrons. The summed E-state index contributed by atoms with van der Waals surface area (Å²) in [7, 11) is -4.82. The maximum atomic E-state index is 14.0. The molecule has 2 aromatic rings. The minimum Gasteiger partial charge on any atom is -0.338 e. The van der Waals surface area contributed by atoms with Crippen molar-refractivity contribution in [3.63, 3.8) is 0 Å². The number of halogens is 5. The van der Waals surface area contributed by atoms with Crippen molar-refractivity contribution in [2.45, 2.75) is 43.9 Å². The van der Waals surface area contributed by atoms with Crippen molar-refractivity contribution in [2.24, 2.45) is 5.92 Å². The largest absolute Gasteiger partial charge is 0.409 e. The van der Waals surface area contributed by atoms with E-state index in [1.165, 1.54) is 18.2 Å². The van der Waals surface area contributed by atoms with Crippen LogP contribution in [-0.2, 0) is 27.8 Å². The molecular weight excluding hydrogens is 479 g/mol. The van der Waals surface area contributed by atoms with Crippen molar-refractivity contribution in [1.29, 1.82) is 0 Å². The fraction of sp³-hybridized carbons (Fsp3) is 0.435. The Hall–Kier alpha value is -2.53. The Morgan fingerprint density at radius 1 is 1.09 bits per heavy atom. The second-order valence-electron chi connectivity index (χ2n) is 8.40. The molecule has 3 rings (SSSR count). The Bertz CT molecular complexity index is 1130. The normalized spacial score (nSPS) is 15.5. The summed E-state index contributed by atoms with van der Waals surface area (Å²) < 4.78 is 95.6. The molecule has 2 aromatic carbocycles. The van der Waals surface area contributed by atoms with E-state index in [1.54, 1.807) is 18.7 Å². The molecule has 1 heterocycles. The Balaban J connectivity index is 2.04. The lowest BCUT2D eigenvalue weighted by Gasteiger charge is -2.33. The molecule has 1 atom stereocenters. The van der Waals surface area contributed by atoms with Crippen LogP contribution in [0.3, 0.4) is 0 Å². The predicted molar refractivity (Wildman–Crippen MR) is 115 cm³/mol. The molecule has 1 amide bonds. The zero-order chi connectivity index (χ0) is 25.3. The Labute approximate surface area is 195 Å². The van der Waals surface area contributed by atoms with Gasteiger partial charge in [0.15, 0.2) is 0 Å². The van der Waals surface area contributed by atoms with Crippen LogP contribution in [0.25, 0.3) is 0 Å². The SMILES string of the molecule is CC(C)C(=O)N1CCc2ccc(S(=O)(=O)N(CCF)[C@H](c3ccc(F)cc3)C(F)(F)F)cc2C1. The van der Waals surface area contributed by atoms with Crippen LogP contribution in [-0.4, -0.2) is 49.5 Å². The summed E-state index contributed by atoms with van der Waals surface area (Å²) in [4.78, 5) is 13.5. The van der Waals surface area contributed by atoms with Gasteiger partial charge in [-0.15, -0.1) is 0 Å². The number of carbonyl (C=O) groups excluding carboxylic acids is 1. The molecule has 0 aromatic heterocycles. The standard InChI is InChI=1S/C23H25F5N2O3S/c1-15(2)22(31)29-11-9-16-5-8-20(13-18(16)14-29)34(32,33)30(12-10-24)21(23(26,27)28)17-3-6-19(25)7-4-17/h3-8,13,15,21H,9-12,14H2,1-2H3/t21-/m1/s1. The van der Waals surface area contributed by atoms with Gasteiger partial charge in [0.05, 0.1) is 4.90 Å². The van der Waals surface area contributed by atoms with E-state index in [1.807, 2.05) is 0 Å². The van der Waals surface area contributed by atoms with E-state index >= 15 is 0 Å². The number of benzene rings is 2. The maximum Gasteiger partial charge on any atom is 0.409 e. The smallest absolute Gasteiger partial charge is 0.338 e. The summed E-state index contributed by atoms with van der Waals surface area (Å²) in [6.45, 7) is 1.65. The van der Waals surface area contributed by atoms with Gasteiger partial charge in [0.25, 0.3) is 0 Å². The average Bonchev–Trinajstić information content (AvgIpc) is 2.77. The Morgan fingerprint density at radius 2 is 1.74 bits per heavy atom. The molecule has 0 saturated carbocycles. The van der Waals surface area contributed by atoms with Crippen molar-refractivity contribution < 1.29 is 35.2 Å². The summed E-state index contributed by atoms with van der Waals surface area (Å²) in [5.41, 5.74) is 0.763. The third-order valence-corrected chi connectivity index (χ3v) is 7.55. The van der Waals surface area contributed by atoms with Gasteiger partial charge in [-0.3, -0.25) is 4.79 Å². The van der Waals surface area contributed by atoms with E-state index in [0.29, 0.717) is 18.5 Å². The summed E-state index contributed by atoms with van der Waals surface area (Å²) in [6, 6.07) is 4.47. The lowest BCUT2D eigenvalue weighted by atomic mass is 9.99. The van der Waals surface area contributed by atoms with Gasteiger partial charge >= 0.3 is 6.18 Å². The monoisotopic (exact) mass is 504 g/mol. The molecule has 34 heavy (non-hydrogen) atoms. The van der Waals surface area contributed by atoms with E-state index in [-0.39, 0.29) is 22.7 Å². The molecule has 186 valence electrons. The van der Waals surface area contributed by atoms with Crippen molar-refractivity contribution in [2.75, 3.05) is 19.8 Å². The van der Waals surface area contributed by atoms with Gasteiger partial charge in [0.1, 0.15) is 18.5 Å². The van der Waals surface area contributed by atoms with Gasteiger partial charge < -0.3 is 4.90 Å². The van der Waals surface area contributed by atoms with Crippen molar-refractivity contribution in [3.05, 3.63) is 65.0 Å². The highest BCUT2D eigenvalue weighted by molar-refractivity contribution is 7.89. The molecule has 1 aliphatic rings. The van der Waals surface area contributed by atoms with Gasteiger partial charge in [-0.25, -0.2) is 17.2 Å². The van der Waals surface area contributed by atoms with Crippen molar-refractivity contribution in [1.82, 2.24) is 9.21 Å². The topological polar surface area (TPSA) is 57.7 Å². The van der Waals surface area contributed by atoms with Gasteiger partial charge in [0.2, 0.25) is 15.9 Å². The van der Waals surface area contributed by atoms with Crippen LogP contribution in [0.1, 0.15) is 36.6 Å². The minimum atomic E-state index is -5.09. The lowest BCUT2D eigenvalue weighted by Crippen LogP contribution is -2.43. The molecule has 0 unspecified atom stereocenters. The number of hydrogen-bond donors (Lipinski definition) is 0. The van der Waals surface area contributed by atoms with Crippen LogP contribution in [0.5, 0.6) is 0 Å². The van der Waals surface area contributed by atoms with Gasteiger partial charge in [0, 0.05) is 25.6 Å². The van der Waals surface area contributed by atoms with Crippen LogP contribution in [0.15, 0.2) is 47.4 Å². The van der Waals surface area contributed by atoms with E-state index in [2.05, 4.69) is 0 Å². The molecule has 5 nitrogen and oxygen atoms in total. The first-order valence-electron chi connectivity index (χ1n) is 10.7. The minimum absolute atomic E-state index is 0.0574. The van der Waals surface area contributed by atoms with E-state index in [4.69, 9.17) is 0 Å². The summed E-state index contributed by atoms with van der Waals surface area (Å²) in [5.74, 6) is -1.18. The number of hydrogen-bond acceptors (Lipinski definition) is 3. The second kappa shape index (κ2) is 9.99. The number of sulfonamides is 1. The van der Waals surface area contributed by atoms with Gasteiger partial charge in [-0.2, -0.15) is 17.5 Å². The molecule has 11 heteroatoms. The van der Waals surface area contributed by atoms with Crippen LogP contribution >= 0.6 is 0 Å². The highest BCUT2D eigenvalue weighted by Gasteiger charge is 2.49. The average molecular weight is 505 g/mol. The molecular formula is C23H25F5N2O3S.